The van der Waals surface area contributed by atoms with E-state index in [4.69, 9.17) is 29.5 Å². The molecule has 0 saturated carbocycles. The van der Waals surface area contributed by atoms with Gasteiger partial charge in [-0.25, -0.2) is 19.2 Å². The molecule has 2 aromatic carbocycles. The first kappa shape index (κ1) is 34.9. The first-order valence-electron chi connectivity index (χ1n) is 7.62. The molecule has 0 unspecified atom stereocenters. The predicted octanol–water partition coefficient (Wildman–Crippen LogP) is -0.638. The standard InChI is InChI=1S/2C8H6O7S.K.Na.2H/c9-7(10)4-1-5(8(11)12)3-6(2-4)16(13,14)15;9-7(10)4-1-2-5(8(11)12)6(3-4)16(13,14)15;;;;/h2*1-3H,(H,9,10)(H,11,12)(H,13,14,15);;;;. The third-order valence-electron chi connectivity index (χ3n) is 3.44. The van der Waals surface area contributed by atoms with Crippen molar-refractivity contribution in [1.29, 1.82) is 0 Å². The van der Waals surface area contributed by atoms with Gasteiger partial charge in [0.25, 0.3) is 20.2 Å². The fourth-order valence-corrected chi connectivity index (χ4v) is 3.30. The molecule has 0 atom stereocenters. The molecule has 0 aliphatic carbocycles. The Morgan fingerprint density at radius 1 is 0.588 bits per heavy atom. The van der Waals surface area contributed by atoms with Crippen LogP contribution in [0, 0.1) is 0 Å². The first-order valence-corrected chi connectivity index (χ1v) is 10.5. The first-order chi connectivity index (χ1) is 14.4. The van der Waals surface area contributed by atoms with Crippen LogP contribution in [-0.2, 0) is 20.2 Å². The molecule has 2 rings (SSSR count). The molecule has 0 aliphatic heterocycles. The van der Waals surface area contributed by atoms with Crippen LogP contribution in [-0.4, -0.2) is 151 Å². The second-order valence-electron chi connectivity index (χ2n) is 5.63. The molecule has 0 fully saturated rings. The van der Waals surface area contributed by atoms with Gasteiger partial charge in [0.1, 0.15) is 4.90 Å². The van der Waals surface area contributed by atoms with Gasteiger partial charge in [-0.3, -0.25) is 9.11 Å². The summed E-state index contributed by atoms with van der Waals surface area (Å²) < 4.78 is 60.6. The van der Waals surface area contributed by atoms with Crippen molar-refractivity contribution < 1.29 is 65.5 Å². The number of benzene rings is 2. The van der Waals surface area contributed by atoms with Gasteiger partial charge in [0, 0.05) is 0 Å². The van der Waals surface area contributed by atoms with E-state index in [0.717, 1.165) is 18.2 Å². The monoisotopic (exact) mass is 556 g/mol. The number of carboxylic acids is 4. The third kappa shape index (κ3) is 10.2. The molecule has 0 saturated heterocycles. The molecular weight excluding hydrogens is 542 g/mol. The van der Waals surface area contributed by atoms with Crippen molar-refractivity contribution in [2.24, 2.45) is 0 Å². The Balaban J connectivity index is 0. The molecule has 18 heteroatoms. The van der Waals surface area contributed by atoms with Crippen LogP contribution in [0.25, 0.3) is 0 Å². The van der Waals surface area contributed by atoms with Gasteiger partial charge in [-0.15, -0.1) is 0 Å². The maximum atomic E-state index is 10.8. The Hall–Kier alpha value is -1.22. The number of hydrogen-bond donors (Lipinski definition) is 6. The van der Waals surface area contributed by atoms with Crippen LogP contribution in [0.15, 0.2) is 46.2 Å². The SMILES string of the molecule is O=C(O)c1cc(C(=O)O)cc(S(=O)(=O)O)c1.O=C(O)c1ccc(C(=O)O)c(S(=O)(=O)O)c1.[KH].[NaH]. The van der Waals surface area contributed by atoms with Crippen LogP contribution in [0.5, 0.6) is 0 Å². The van der Waals surface area contributed by atoms with E-state index in [1.54, 1.807) is 0 Å². The van der Waals surface area contributed by atoms with E-state index in [-0.39, 0.29) is 80.9 Å². The predicted molar refractivity (Wildman–Crippen MR) is 115 cm³/mol. The van der Waals surface area contributed by atoms with Gasteiger partial charge >= 0.3 is 105 Å². The second kappa shape index (κ2) is 13.8. The molecular formula is C16H14KNaO14S2. The van der Waals surface area contributed by atoms with Gasteiger partial charge in [-0.2, -0.15) is 16.8 Å². The summed E-state index contributed by atoms with van der Waals surface area (Å²) >= 11 is 0. The van der Waals surface area contributed by atoms with Crippen molar-refractivity contribution in [3.8, 4) is 0 Å². The Kier molecular flexibility index (Phi) is 14.1. The maximum absolute atomic E-state index is 10.8. The summed E-state index contributed by atoms with van der Waals surface area (Å²) in [6, 6.07) is 4.45. The van der Waals surface area contributed by atoms with E-state index < -0.39 is 76.2 Å². The molecule has 0 bridgehead atoms. The number of carbonyl (C=O) groups is 4. The molecule has 0 aromatic heterocycles. The average Bonchev–Trinajstić information content (AvgIpc) is 2.66. The fourth-order valence-electron chi connectivity index (χ4n) is 2.04. The van der Waals surface area contributed by atoms with Gasteiger partial charge in [-0.05, 0) is 36.4 Å². The molecule has 34 heavy (non-hydrogen) atoms. The van der Waals surface area contributed by atoms with E-state index >= 15 is 0 Å². The molecule has 0 heterocycles. The van der Waals surface area contributed by atoms with Crippen LogP contribution in [0.2, 0.25) is 0 Å². The summed E-state index contributed by atoms with van der Waals surface area (Å²) in [5, 5.41) is 34.4. The summed E-state index contributed by atoms with van der Waals surface area (Å²) in [6.07, 6.45) is 0. The van der Waals surface area contributed by atoms with Crippen LogP contribution in [0.3, 0.4) is 0 Å². The zero-order valence-electron chi connectivity index (χ0n) is 15.2. The van der Waals surface area contributed by atoms with Crippen LogP contribution >= 0.6 is 0 Å². The van der Waals surface area contributed by atoms with Crippen LogP contribution in [0.4, 0.5) is 0 Å². The van der Waals surface area contributed by atoms with Gasteiger partial charge in [0.2, 0.25) is 0 Å². The minimum atomic E-state index is -4.78. The van der Waals surface area contributed by atoms with Crippen molar-refractivity contribution in [1.82, 2.24) is 0 Å². The van der Waals surface area contributed by atoms with Gasteiger partial charge in [0.05, 0.1) is 27.1 Å². The number of hydrogen-bond acceptors (Lipinski definition) is 8. The van der Waals surface area contributed by atoms with Crippen LogP contribution < -0.4 is 0 Å². The quantitative estimate of drug-likeness (QED) is 0.191. The molecule has 2 aromatic rings. The van der Waals surface area contributed by atoms with Crippen molar-refractivity contribution in [2.45, 2.75) is 9.79 Å². The van der Waals surface area contributed by atoms with Gasteiger partial charge < -0.3 is 20.4 Å². The summed E-state index contributed by atoms with van der Waals surface area (Å²) in [4.78, 5) is 40.6. The zero-order valence-corrected chi connectivity index (χ0v) is 16.9. The molecule has 176 valence electrons. The molecule has 0 aliphatic rings. The fraction of sp³-hybridized carbons (Fsp3) is 0. The zero-order chi connectivity index (χ0) is 25.0. The van der Waals surface area contributed by atoms with Crippen molar-refractivity contribution in [3.63, 3.8) is 0 Å². The third-order valence-corrected chi connectivity index (χ3v) is 5.16. The van der Waals surface area contributed by atoms with E-state index in [9.17, 15) is 36.0 Å². The van der Waals surface area contributed by atoms with Crippen molar-refractivity contribution >= 4 is 125 Å². The molecule has 6 N–H and O–H groups in total. The Morgan fingerprint density at radius 2 is 1.00 bits per heavy atom. The number of rotatable bonds is 6. The molecule has 14 nitrogen and oxygen atoms in total. The minimum absolute atomic E-state index is 0. The second-order valence-corrected chi connectivity index (χ2v) is 8.44. The molecule has 0 radical (unpaired) electrons. The normalized spacial score (nSPS) is 10.4. The summed E-state index contributed by atoms with van der Waals surface area (Å²) in [7, 11) is -9.42. The van der Waals surface area contributed by atoms with E-state index in [0.29, 0.717) is 18.2 Å². The van der Waals surface area contributed by atoms with E-state index in [1.807, 2.05) is 0 Å². The Morgan fingerprint density at radius 3 is 1.29 bits per heavy atom. The Bertz CT molecular complexity index is 1300. The van der Waals surface area contributed by atoms with Crippen molar-refractivity contribution in [3.05, 3.63) is 58.7 Å². The van der Waals surface area contributed by atoms with Gasteiger partial charge in [-0.1, -0.05) is 0 Å². The Labute approximate surface area is 255 Å². The van der Waals surface area contributed by atoms with E-state index in [1.165, 1.54) is 0 Å². The summed E-state index contributed by atoms with van der Waals surface area (Å²) in [5.74, 6) is -5.99. The van der Waals surface area contributed by atoms with E-state index in [2.05, 4.69) is 0 Å². The van der Waals surface area contributed by atoms with Crippen molar-refractivity contribution in [2.75, 3.05) is 0 Å². The topological polar surface area (TPSA) is 258 Å². The summed E-state index contributed by atoms with van der Waals surface area (Å²) in [6.45, 7) is 0. The van der Waals surface area contributed by atoms with Gasteiger partial charge in [0.15, 0.2) is 0 Å². The summed E-state index contributed by atoms with van der Waals surface area (Å²) in [5.41, 5.74) is -2.19. The number of aromatic carboxylic acids is 4. The number of carboxylic acid groups (broad SMARTS) is 4. The molecule has 0 amide bonds. The molecule has 0 spiro atoms. The van der Waals surface area contributed by atoms with Crippen LogP contribution in [0.1, 0.15) is 41.4 Å². The average molecular weight is 556 g/mol.